The van der Waals surface area contributed by atoms with Gasteiger partial charge in [-0.3, -0.25) is 4.90 Å². The lowest BCUT2D eigenvalue weighted by Gasteiger charge is -2.36. The van der Waals surface area contributed by atoms with Crippen molar-refractivity contribution in [3.05, 3.63) is 35.1 Å². The van der Waals surface area contributed by atoms with Gasteiger partial charge < -0.3 is 5.32 Å². The summed E-state index contributed by atoms with van der Waals surface area (Å²) in [5.74, 6) is -1.13. The Balaban J connectivity index is 0.00000288. The summed E-state index contributed by atoms with van der Waals surface area (Å²) in [4.78, 5) is 1.35. The molecule has 0 saturated carbocycles. The molecule has 0 aromatic heterocycles. The highest BCUT2D eigenvalue weighted by molar-refractivity contribution is 5.85. The maximum Gasteiger partial charge on any atom is 0.416 e. The van der Waals surface area contributed by atoms with E-state index in [1.54, 1.807) is 0 Å². The molecule has 0 unspecified atom stereocenters. The molecule has 1 heterocycles. The first-order valence-electron chi connectivity index (χ1n) is 6.96. The number of nitrogens with zero attached hydrogens (tertiary/aromatic N) is 1. The van der Waals surface area contributed by atoms with Crippen LogP contribution in [0.25, 0.3) is 0 Å². The van der Waals surface area contributed by atoms with Gasteiger partial charge in [-0.25, -0.2) is 4.39 Å². The van der Waals surface area contributed by atoms with E-state index in [1.807, 2.05) is 0 Å². The van der Waals surface area contributed by atoms with Crippen molar-refractivity contribution >= 4 is 12.4 Å². The summed E-state index contributed by atoms with van der Waals surface area (Å²) < 4.78 is 91.1. The van der Waals surface area contributed by atoms with Gasteiger partial charge in [-0.15, -0.1) is 12.4 Å². The molecule has 1 aromatic carbocycles. The maximum atomic E-state index is 13.2. The SMILES string of the molecule is Cl.Fc1ccc([C@H](CC(F)(F)F)N2CCNCC2)c(C(F)(F)F)c1. The summed E-state index contributed by atoms with van der Waals surface area (Å²) in [6.07, 6.45) is -11.0. The van der Waals surface area contributed by atoms with Crippen LogP contribution in [-0.2, 0) is 6.18 Å². The summed E-state index contributed by atoms with van der Waals surface area (Å²) in [5.41, 5.74) is -1.90. The van der Waals surface area contributed by atoms with Crippen LogP contribution < -0.4 is 5.32 Å². The molecule has 2 rings (SSSR count). The Kier molecular flexibility index (Phi) is 6.89. The molecule has 138 valence electrons. The highest BCUT2D eigenvalue weighted by Crippen LogP contribution is 2.41. The zero-order chi connectivity index (χ0) is 17.3. The van der Waals surface area contributed by atoms with E-state index >= 15 is 0 Å². The van der Waals surface area contributed by atoms with Gasteiger partial charge in [0.05, 0.1) is 12.0 Å². The summed E-state index contributed by atoms with van der Waals surface area (Å²) in [5, 5.41) is 2.93. The van der Waals surface area contributed by atoms with Crippen molar-refractivity contribution < 1.29 is 30.7 Å². The highest BCUT2D eigenvalue weighted by atomic mass is 35.5. The predicted octanol–water partition coefficient (Wildman–Crippen LogP) is 4.17. The molecule has 1 saturated heterocycles. The van der Waals surface area contributed by atoms with Crippen LogP contribution >= 0.6 is 12.4 Å². The van der Waals surface area contributed by atoms with Crippen molar-refractivity contribution in [3.63, 3.8) is 0 Å². The van der Waals surface area contributed by atoms with Crippen molar-refractivity contribution in [3.8, 4) is 0 Å². The van der Waals surface area contributed by atoms with Crippen LogP contribution in [-0.4, -0.2) is 37.3 Å². The van der Waals surface area contributed by atoms with Gasteiger partial charge in [-0.1, -0.05) is 6.07 Å². The van der Waals surface area contributed by atoms with Crippen LogP contribution in [0.4, 0.5) is 30.7 Å². The van der Waals surface area contributed by atoms with Crippen LogP contribution in [0.15, 0.2) is 18.2 Å². The average molecular weight is 381 g/mol. The van der Waals surface area contributed by atoms with Gasteiger partial charge in [-0.05, 0) is 17.7 Å². The molecule has 2 nitrogen and oxygen atoms in total. The Morgan fingerprint density at radius 1 is 1.04 bits per heavy atom. The molecule has 1 aliphatic heterocycles. The van der Waals surface area contributed by atoms with E-state index in [4.69, 9.17) is 0 Å². The van der Waals surface area contributed by atoms with Crippen molar-refractivity contribution in [1.82, 2.24) is 10.2 Å². The van der Waals surface area contributed by atoms with Gasteiger partial charge in [0, 0.05) is 32.2 Å². The Morgan fingerprint density at radius 3 is 2.12 bits per heavy atom. The normalized spacial score (nSPS) is 18.1. The molecule has 0 bridgehead atoms. The number of piperazine rings is 1. The largest absolute Gasteiger partial charge is 0.416 e. The minimum atomic E-state index is -4.92. The summed E-state index contributed by atoms with van der Waals surface area (Å²) in [6.45, 7) is 1.15. The van der Waals surface area contributed by atoms with Gasteiger partial charge in [-0.2, -0.15) is 26.3 Å². The molecule has 10 heteroatoms. The lowest BCUT2D eigenvalue weighted by atomic mass is 9.95. The van der Waals surface area contributed by atoms with Crippen molar-refractivity contribution in [2.75, 3.05) is 26.2 Å². The topological polar surface area (TPSA) is 15.3 Å². The van der Waals surface area contributed by atoms with Crippen molar-refractivity contribution in [2.45, 2.75) is 24.8 Å². The van der Waals surface area contributed by atoms with Gasteiger partial charge in [0.1, 0.15) is 5.82 Å². The summed E-state index contributed by atoms with van der Waals surface area (Å²) in [6, 6.07) is 0.322. The van der Waals surface area contributed by atoms with Gasteiger partial charge in [0.2, 0.25) is 0 Å². The van der Waals surface area contributed by atoms with Crippen LogP contribution in [0.3, 0.4) is 0 Å². The van der Waals surface area contributed by atoms with Gasteiger partial charge in [0.15, 0.2) is 0 Å². The van der Waals surface area contributed by atoms with Crippen LogP contribution in [0, 0.1) is 5.82 Å². The van der Waals surface area contributed by atoms with Crippen LogP contribution in [0.1, 0.15) is 23.6 Å². The molecular weight excluding hydrogens is 365 g/mol. The first kappa shape index (κ1) is 21.0. The standard InChI is InChI=1S/C14H15F7N2.ClH/c15-9-1-2-10(11(7-9)14(19,20)21)12(8-13(16,17)18)23-5-3-22-4-6-23;/h1-2,7,12,22H,3-6,8H2;1H/t12-;/m0./s1. The van der Waals surface area contributed by atoms with E-state index in [0.29, 0.717) is 13.1 Å². The Bertz CT molecular complexity index is 539. The third-order valence-corrected chi connectivity index (χ3v) is 3.70. The Hall–Kier alpha value is -1.06. The lowest BCUT2D eigenvalue weighted by molar-refractivity contribution is -0.153. The number of hydrogen-bond donors (Lipinski definition) is 1. The molecule has 0 amide bonds. The van der Waals surface area contributed by atoms with Crippen LogP contribution in [0.5, 0.6) is 0 Å². The molecule has 1 fully saturated rings. The number of benzene rings is 1. The van der Waals surface area contributed by atoms with E-state index < -0.39 is 41.8 Å². The maximum absolute atomic E-state index is 13.2. The average Bonchev–Trinajstić information content (AvgIpc) is 2.44. The third kappa shape index (κ3) is 5.49. The number of halogens is 8. The molecule has 1 aliphatic rings. The van der Waals surface area contributed by atoms with Crippen LogP contribution in [0.2, 0.25) is 0 Å². The Labute approximate surface area is 140 Å². The molecule has 0 spiro atoms. The monoisotopic (exact) mass is 380 g/mol. The zero-order valence-electron chi connectivity index (χ0n) is 12.3. The Morgan fingerprint density at radius 2 is 1.62 bits per heavy atom. The van der Waals surface area contributed by atoms with Gasteiger partial charge >= 0.3 is 12.4 Å². The molecule has 24 heavy (non-hydrogen) atoms. The van der Waals surface area contributed by atoms with E-state index in [1.165, 1.54) is 4.90 Å². The minimum absolute atomic E-state index is 0. The summed E-state index contributed by atoms with van der Waals surface area (Å²) in [7, 11) is 0. The lowest BCUT2D eigenvalue weighted by Crippen LogP contribution is -2.46. The van der Waals surface area contributed by atoms with E-state index in [9.17, 15) is 30.7 Å². The van der Waals surface area contributed by atoms with E-state index in [0.717, 1.165) is 12.1 Å². The predicted molar refractivity (Wildman–Crippen MR) is 76.5 cm³/mol. The number of nitrogens with one attached hydrogen (secondary N) is 1. The molecular formula is C14H16ClF7N2. The fourth-order valence-corrected chi connectivity index (χ4v) is 2.71. The number of alkyl halides is 6. The van der Waals surface area contributed by atoms with Gasteiger partial charge in [0.25, 0.3) is 0 Å². The molecule has 1 aromatic rings. The first-order chi connectivity index (χ1) is 10.6. The first-order valence-corrected chi connectivity index (χ1v) is 6.96. The number of rotatable bonds is 3. The van der Waals surface area contributed by atoms with Crippen molar-refractivity contribution in [2.24, 2.45) is 0 Å². The molecule has 0 radical (unpaired) electrons. The third-order valence-electron chi connectivity index (χ3n) is 3.70. The second-order valence-corrected chi connectivity index (χ2v) is 5.35. The second kappa shape index (κ2) is 7.88. The van der Waals surface area contributed by atoms with E-state index in [2.05, 4.69) is 5.32 Å². The molecule has 0 aliphatic carbocycles. The molecule has 1 atom stereocenters. The smallest absolute Gasteiger partial charge is 0.314 e. The quantitative estimate of drug-likeness (QED) is 0.792. The fraction of sp³-hybridized carbons (Fsp3) is 0.571. The highest BCUT2D eigenvalue weighted by Gasteiger charge is 2.41. The van der Waals surface area contributed by atoms with Crippen molar-refractivity contribution in [1.29, 1.82) is 0 Å². The zero-order valence-corrected chi connectivity index (χ0v) is 13.2. The minimum Gasteiger partial charge on any atom is -0.314 e. The van der Waals surface area contributed by atoms with E-state index in [-0.39, 0.29) is 31.6 Å². The summed E-state index contributed by atoms with van der Waals surface area (Å²) >= 11 is 0. The fourth-order valence-electron chi connectivity index (χ4n) is 2.71. The number of hydrogen-bond acceptors (Lipinski definition) is 2. The second-order valence-electron chi connectivity index (χ2n) is 5.35. The molecule has 1 N–H and O–H groups in total.